The van der Waals surface area contributed by atoms with Crippen LogP contribution in [0.3, 0.4) is 0 Å². The summed E-state index contributed by atoms with van der Waals surface area (Å²) in [6.07, 6.45) is 6.18. The molecule has 0 radical (unpaired) electrons. The molecule has 1 N–H and O–H groups in total. The Kier molecular flexibility index (Phi) is 7.93. The van der Waals surface area contributed by atoms with Gasteiger partial charge in [0.05, 0.1) is 0 Å². The van der Waals surface area contributed by atoms with Crippen LogP contribution in [0.1, 0.15) is 36.8 Å². The highest BCUT2D eigenvalue weighted by atomic mass is 19.1. The van der Waals surface area contributed by atoms with Gasteiger partial charge in [0.25, 0.3) is 0 Å². The SMILES string of the molecule is O=C(O)C(Cc1ccccc1)N1CCC(CN2CCC(Cc3ccc(F)cc3)CC2)CC1. The lowest BCUT2D eigenvalue weighted by Gasteiger charge is -2.39. The first-order valence-corrected chi connectivity index (χ1v) is 12.0. The molecule has 2 saturated heterocycles. The van der Waals surface area contributed by atoms with Crippen molar-refractivity contribution >= 4 is 5.97 Å². The second kappa shape index (κ2) is 11.1. The van der Waals surface area contributed by atoms with E-state index in [-0.39, 0.29) is 5.82 Å². The average molecular weight is 439 g/mol. The van der Waals surface area contributed by atoms with E-state index < -0.39 is 12.0 Å². The van der Waals surface area contributed by atoms with Crippen LogP contribution in [0.4, 0.5) is 4.39 Å². The van der Waals surface area contributed by atoms with Crippen LogP contribution in [-0.4, -0.2) is 59.6 Å². The quantitative estimate of drug-likeness (QED) is 0.660. The predicted octanol–water partition coefficient (Wildman–Crippen LogP) is 4.49. The first-order valence-electron chi connectivity index (χ1n) is 12.0. The summed E-state index contributed by atoms with van der Waals surface area (Å²) < 4.78 is 13.1. The maximum Gasteiger partial charge on any atom is 0.321 e. The van der Waals surface area contributed by atoms with E-state index in [1.54, 1.807) is 12.1 Å². The van der Waals surface area contributed by atoms with Crippen molar-refractivity contribution in [2.75, 3.05) is 32.7 Å². The Morgan fingerprint density at radius 1 is 0.875 bits per heavy atom. The highest BCUT2D eigenvalue weighted by Gasteiger charge is 2.31. The summed E-state index contributed by atoms with van der Waals surface area (Å²) in [7, 11) is 0. The summed E-state index contributed by atoms with van der Waals surface area (Å²) >= 11 is 0. The van der Waals surface area contributed by atoms with Gasteiger partial charge in [-0.15, -0.1) is 0 Å². The van der Waals surface area contributed by atoms with E-state index in [4.69, 9.17) is 0 Å². The Hall–Kier alpha value is -2.24. The lowest BCUT2D eigenvalue weighted by Crippen LogP contribution is -2.48. The minimum Gasteiger partial charge on any atom is -0.480 e. The molecule has 0 aromatic heterocycles. The van der Waals surface area contributed by atoms with E-state index in [1.807, 2.05) is 42.5 Å². The van der Waals surface area contributed by atoms with Crippen LogP contribution in [0.25, 0.3) is 0 Å². The number of carboxylic acids is 1. The second-order valence-electron chi connectivity index (χ2n) is 9.60. The Morgan fingerprint density at radius 3 is 2.12 bits per heavy atom. The summed E-state index contributed by atoms with van der Waals surface area (Å²) in [5, 5.41) is 9.79. The van der Waals surface area contributed by atoms with E-state index in [1.165, 1.54) is 18.4 Å². The Balaban J connectivity index is 1.19. The van der Waals surface area contributed by atoms with Crippen molar-refractivity contribution in [1.29, 1.82) is 0 Å². The highest BCUT2D eigenvalue weighted by Crippen LogP contribution is 2.26. The third-order valence-electron chi connectivity index (χ3n) is 7.31. The van der Waals surface area contributed by atoms with Crippen molar-refractivity contribution in [3.05, 3.63) is 71.5 Å². The fourth-order valence-corrected chi connectivity index (χ4v) is 5.35. The van der Waals surface area contributed by atoms with E-state index in [0.29, 0.717) is 18.3 Å². The fourth-order valence-electron chi connectivity index (χ4n) is 5.35. The number of piperidine rings is 2. The smallest absolute Gasteiger partial charge is 0.321 e. The molecule has 2 fully saturated rings. The molecule has 2 aliphatic heterocycles. The van der Waals surface area contributed by atoms with Crippen LogP contribution in [0.5, 0.6) is 0 Å². The lowest BCUT2D eigenvalue weighted by atomic mass is 9.88. The number of carboxylic acid groups (broad SMARTS) is 1. The molecule has 32 heavy (non-hydrogen) atoms. The van der Waals surface area contributed by atoms with E-state index in [2.05, 4.69) is 9.80 Å². The topological polar surface area (TPSA) is 43.8 Å². The molecule has 4 nitrogen and oxygen atoms in total. The first kappa shape index (κ1) is 22.9. The minimum atomic E-state index is -0.712. The van der Waals surface area contributed by atoms with Gasteiger partial charge in [0, 0.05) is 6.54 Å². The third kappa shape index (κ3) is 6.39. The summed E-state index contributed by atoms with van der Waals surface area (Å²) in [6, 6.07) is 16.5. The maximum absolute atomic E-state index is 13.1. The lowest BCUT2D eigenvalue weighted by molar-refractivity contribution is -0.144. The van der Waals surface area contributed by atoms with Crippen molar-refractivity contribution < 1.29 is 14.3 Å². The van der Waals surface area contributed by atoms with Crippen molar-refractivity contribution in [2.24, 2.45) is 11.8 Å². The molecule has 2 aromatic carbocycles. The van der Waals surface area contributed by atoms with Gasteiger partial charge in [0.1, 0.15) is 11.9 Å². The van der Waals surface area contributed by atoms with Gasteiger partial charge in [0.2, 0.25) is 0 Å². The molecule has 4 rings (SSSR count). The number of carbonyl (C=O) groups is 1. The molecule has 0 bridgehead atoms. The van der Waals surface area contributed by atoms with Gasteiger partial charge in [-0.25, -0.2) is 4.39 Å². The summed E-state index contributed by atoms with van der Waals surface area (Å²) in [5.74, 6) is 0.471. The molecule has 5 heteroatoms. The number of nitrogens with zero attached hydrogens (tertiary/aromatic N) is 2. The molecule has 0 spiro atoms. The van der Waals surface area contributed by atoms with E-state index in [9.17, 15) is 14.3 Å². The molecule has 2 aliphatic rings. The standard InChI is InChI=1S/C27H35FN2O2/c28-25-8-6-22(7-9-25)18-23-10-14-29(15-11-23)20-24-12-16-30(17-13-24)26(27(31)32)19-21-4-2-1-3-5-21/h1-9,23-24,26H,10-20H2,(H,31,32). The van der Waals surface area contributed by atoms with Crippen LogP contribution in [0, 0.1) is 17.7 Å². The third-order valence-corrected chi connectivity index (χ3v) is 7.31. The summed E-state index contributed by atoms with van der Waals surface area (Å²) in [5.41, 5.74) is 2.33. The van der Waals surface area contributed by atoms with Crippen LogP contribution < -0.4 is 0 Å². The Bertz CT molecular complexity index is 842. The van der Waals surface area contributed by atoms with Gasteiger partial charge in [-0.2, -0.15) is 0 Å². The van der Waals surface area contributed by atoms with Crippen LogP contribution in [-0.2, 0) is 17.6 Å². The maximum atomic E-state index is 13.1. The molecule has 0 aliphatic carbocycles. The Labute approximate surface area is 191 Å². The predicted molar refractivity (Wildman–Crippen MR) is 125 cm³/mol. The number of likely N-dealkylation sites (tertiary alicyclic amines) is 2. The highest BCUT2D eigenvalue weighted by molar-refractivity contribution is 5.74. The average Bonchev–Trinajstić information content (AvgIpc) is 2.81. The van der Waals surface area contributed by atoms with Gasteiger partial charge < -0.3 is 10.0 Å². The first-order chi connectivity index (χ1) is 15.6. The van der Waals surface area contributed by atoms with Crippen LogP contribution in [0.2, 0.25) is 0 Å². The van der Waals surface area contributed by atoms with Crippen LogP contribution >= 0.6 is 0 Å². The molecule has 0 saturated carbocycles. The monoisotopic (exact) mass is 438 g/mol. The Morgan fingerprint density at radius 2 is 1.50 bits per heavy atom. The van der Waals surface area contributed by atoms with E-state index >= 15 is 0 Å². The number of hydrogen-bond donors (Lipinski definition) is 1. The van der Waals surface area contributed by atoms with Crippen molar-refractivity contribution in [1.82, 2.24) is 9.80 Å². The summed E-state index contributed by atoms with van der Waals surface area (Å²) in [4.78, 5) is 16.7. The minimum absolute atomic E-state index is 0.163. The fraction of sp³-hybridized carbons (Fsp3) is 0.519. The second-order valence-corrected chi connectivity index (χ2v) is 9.60. The van der Waals surface area contributed by atoms with Gasteiger partial charge in [-0.05, 0) is 99.8 Å². The number of rotatable bonds is 8. The molecule has 1 unspecified atom stereocenters. The number of hydrogen-bond acceptors (Lipinski definition) is 3. The molecule has 1 atom stereocenters. The van der Waals surface area contributed by atoms with Gasteiger partial charge in [0.15, 0.2) is 0 Å². The van der Waals surface area contributed by atoms with Crippen molar-refractivity contribution in [3.8, 4) is 0 Å². The molecule has 2 aromatic rings. The molecular formula is C27H35FN2O2. The normalized spacial score (nSPS) is 20.3. The number of benzene rings is 2. The van der Waals surface area contributed by atoms with E-state index in [0.717, 1.165) is 57.5 Å². The van der Waals surface area contributed by atoms with Gasteiger partial charge in [-0.3, -0.25) is 9.69 Å². The van der Waals surface area contributed by atoms with Gasteiger partial charge >= 0.3 is 5.97 Å². The largest absolute Gasteiger partial charge is 0.480 e. The van der Waals surface area contributed by atoms with Gasteiger partial charge in [-0.1, -0.05) is 42.5 Å². The molecule has 172 valence electrons. The number of halogens is 1. The molecule has 2 heterocycles. The van der Waals surface area contributed by atoms with Crippen molar-refractivity contribution in [2.45, 2.75) is 44.6 Å². The van der Waals surface area contributed by atoms with Crippen molar-refractivity contribution in [3.63, 3.8) is 0 Å². The van der Waals surface area contributed by atoms with Crippen LogP contribution in [0.15, 0.2) is 54.6 Å². The molecule has 0 amide bonds. The molecular weight excluding hydrogens is 403 g/mol. The number of aliphatic carboxylic acids is 1. The zero-order valence-electron chi connectivity index (χ0n) is 18.8. The summed E-state index contributed by atoms with van der Waals surface area (Å²) in [6.45, 7) is 5.15. The zero-order valence-corrected chi connectivity index (χ0v) is 18.8. The zero-order chi connectivity index (χ0) is 22.3.